The molecule has 13 heteroatoms. The lowest BCUT2D eigenvalue weighted by Crippen LogP contribution is -2.53. The first-order valence-corrected chi connectivity index (χ1v) is 13.6. The fourth-order valence-electron chi connectivity index (χ4n) is 4.95. The third-order valence-corrected chi connectivity index (χ3v) is 9.04. The van der Waals surface area contributed by atoms with Crippen LogP contribution in [0.4, 0.5) is 10.5 Å². The van der Waals surface area contributed by atoms with E-state index in [-0.39, 0.29) is 32.7 Å². The van der Waals surface area contributed by atoms with Crippen LogP contribution >= 0.6 is 23.2 Å². The molecule has 3 aromatic rings. The standard InChI is InChI=1S/C26H18Cl2N4O6S/c27-18-9-19(28)11-20(10-18)32-24(35)26(30-25(32)36)14-31(13-22(26)16-6-4-15(12-29)5-7-16)39(37,38)21-3-1-2-17(8-21)23(33)34/h1-11,22H,13-14H2,(H,30,36)(H,33,34)/t22-,26?/m0/s1. The lowest BCUT2D eigenvalue weighted by atomic mass is 9.81. The zero-order valence-corrected chi connectivity index (χ0v) is 22.2. The van der Waals surface area contributed by atoms with Crippen LogP contribution in [0, 0.1) is 11.3 Å². The number of nitrogens with zero attached hydrogens (tertiary/aromatic N) is 3. The number of nitrogens with one attached hydrogen (secondary N) is 1. The Morgan fingerprint density at radius 2 is 1.72 bits per heavy atom. The Balaban J connectivity index is 1.61. The van der Waals surface area contributed by atoms with Crippen LogP contribution in [-0.4, -0.2) is 54.4 Å². The Labute approximate surface area is 233 Å². The summed E-state index contributed by atoms with van der Waals surface area (Å²) >= 11 is 12.2. The summed E-state index contributed by atoms with van der Waals surface area (Å²) < 4.78 is 28.4. The number of anilines is 1. The van der Waals surface area contributed by atoms with Crippen LogP contribution in [0.25, 0.3) is 0 Å². The summed E-state index contributed by atoms with van der Waals surface area (Å²) in [6.45, 7) is -0.631. The first-order valence-electron chi connectivity index (χ1n) is 11.4. The number of amides is 3. The van der Waals surface area contributed by atoms with Gasteiger partial charge in [-0.3, -0.25) is 4.79 Å². The molecule has 0 bridgehead atoms. The molecule has 2 heterocycles. The number of imide groups is 1. The molecule has 2 aliphatic heterocycles. The van der Waals surface area contributed by atoms with Gasteiger partial charge in [-0.2, -0.15) is 9.57 Å². The normalized spacial score (nSPS) is 21.3. The summed E-state index contributed by atoms with van der Waals surface area (Å²) in [4.78, 5) is 39.3. The number of carbonyl (C=O) groups excluding carboxylic acids is 2. The molecule has 3 aromatic carbocycles. The lowest BCUT2D eigenvalue weighted by Gasteiger charge is -2.28. The van der Waals surface area contributed by atoms with Crippen molar-refractivity contribution in [1.82, 2.24) is 9.62 Å². The van der Waals surface area contributed by atoms with Gasteiger partial charge in [0.2, 0.25) is 10.0 Å². The summed E-state index contributed by atoms with van der Waals surface area (Å²) in [5, 5.41) is 21.6. The van der Waals surface area contributed by atoms with Gasteiger partial charge in [0.25, 0.3) is 5.91 Å². The Morgan fingerprint density at radius 3 is 2.33 bits per heavy atom. The van der Waals surface area contributed by atoms with Gasteiger partial charge in [0.1, 0.15) is 5.54 Å². The van der Waals surface area contributed by atoms with Crippen LogP contribution < -0.4 is 10.2 Å². The average Bonchev–Trinajstić information content (AvgIpc) is 3.40. The van der Waals surface area contributed by atoms with Gasteiger partial charge in [-0.15, -0.1) is 0 Å². The van der Waals surface area contributed by atoms with Crippen LogP contribution in [0.1, 0.15) is 27.4 Å². The molecule has 0 aliphatic carbocycles. The second-order valence-corrected chi connectivity index (χ2v) is 11.9. The molecule has 10 nitrogen and oxygen atoms in total. The van der Waals surface area contributed by atoms with E-state index in [4.69, 9.17) is 23.2 Å². The molecule has 2 fully saturated rings. The molecule has 39 heavy (non-hydrogen) atoms. The van der Waals surface area contributed by atoms with Gasteiger partial charge in [0, 0.05) is 29.1 Å². The second-order valence-electron chi connectivity index (χ2n) is 9.09. The number of rotatable bonds is 5. The lowest BCUT2D eigenvalue weighted by molar-refractivity contribution is -0.122. The van der Waals surface area contributed by atoms with Gasteiger partial charge < -0.3 is 10.4 Å². The minimum atomic E-state index is -4.29. The number of nitriles is 1. The Kier molecular flexibility index (Phi) is 6.60. The molecule has 1 unspecified atom stereocenters. The number of halogens is 2. The second kappa shape index (κ2) is 9.66. The van der Waals surface area contributed by atoms with E-state index in [0.29, 0.717) is 11.1 Å². The predicted octanol–water partition coefficient (Wildman–Crippen LogP) is 3.85. The van der Waals surface area contributed by atoms with E-state index in [1.807, 2.05) is 6.07 Å². The molecular weight excluding hydrogens is 567 g/mol. The monoisotopic (exact) mass is 584 g/mol. The van der Waals surface area contributed by atoms with Crippen molar-refractivity contribution in [3.8, 4) is 6.07 Å². The van der Waals surface area contributed by atoms with Gasteiger partial charge in [-0.1, -0.05) is 41.4 Å². The molecule has 198 valence electrons. The van der Waals surface area contributed by atoms with E-state index >= 15 is 0 Å². The number of hydrogen-bond donors (Lipinski definition) is 2. The van der Waals surface area contributed by atoms with Crippen LogP contribution in [0.5, 0.6) is 0 Å². The molecule has 3 amide bonds. The van der Waals surface area contributed by atoms with E-state index in [1.54, 1.807) is 12.1 Å². The smallest absolute Gasteiger partial charge is 0.335 e. The maximum atomic E-state index is 14.0. The zero-order valence-electron chi connectivity index (χ0n) is 19.8. The van der Waals surface area contributed by atoms with E-state index in [9.17, 15) is 33.2 Å². The van der Waals surface area contributed by atoms with Gasteiger partial charge in [0.15, 0.2) is 0 Å². The zero-order chi connectivity index (χ0) is 28.1. The van der Waals surface area contributed by atoms with E-state index < -0.39 is 45.9 Å². The molecule has 0 saturated carbocycles. The van der Waals surface area contributed by atoms with Crippen molar-refractivity contribution in [1.29, 1.82) is 5.26 Å². The topological polar surface area (TPSA) is 148 Å². The number of carboxylic acid groups (broad SMARTS) is 1. The molecule has 0 aromatic heterocycles. The number of urea groups is 1. The van der Waals surface area contributed by atoms with E-state index in [1.165, 1.54) is 48.5 Å². The summed E-state index contributed by atoms with van der Waals surface area (Å²) in [5.74, 6) is -2.86. The van der Waals surface area contributed by atoms with Crippen molar-refractivity contribution in [2.75, 3.05) is 18.0 Å². The van der Waals surface area contributed by atoms with Crippen molar-refractivity contribution in [3.05, 3.63) is 93.5 Å². The Bertz CT molecular complexity index is 1670. The van der Waals surface area contributed by atoms with Crippen molar-refractivity contribution >= 4 is 56.8 Å². The van der Waals surface area contributed by atoms with Gasteiger partial charge in [-0.05, 0) is 54.1 Å². The highest BCUT2D eigenvalue weighted by molar-refractivity contribution is 7.89. The number of carbonyl (C=O) groups is 3. The molecule has 2 atom stereocenters. The number of benzene rings is 3. The Hall–Kier alpha value is -3.95. The predicted molar refractivity (Wildman–Crippen MR) is 141 cm³/mol. The molecule has 0 radical (unpaired) electrons. The number of sulfonamides is 1. The number of hydrogen-bond acceptors (Lipinski definition) is 6. The van der Waals surface area contributed by atoms with Crippen molar-refractivity contribution in [2.24, 2.45) is 0 Å². The minimum Gasteiger partial charge on any atom is -0.478 e. The maximum Gasteiger partial charge on any atom is 0.335 e. The van der Waals surface area contributed by atoms with Gasteiger partial charge in [0.05, 0.1) is 27.8 Å². The fourth-order valence-corrected chi connectivity index (χ4v) is 7.01. The van der Waals surface area contributed by atoms with E-state index in [2.05, 4.69) is 5.32 Å². The summed E-state index contributed by atoms with van der Waals surface area (Å²) in [5.41, 5.74) is -0.940. The SMILES string of the molecule is N#Cc1ccc([C@@H]2CN(S(=O)(=O)c3cccc(C(=O)O)c3)CC23NC(=O)N(c2cc(Cl)cc(Cl)c2)C3=O)cc1. The molecule has 2 aliphatic rings. The van der Waals surface area contributed by atoms with Gasteiger partial charge in [-0.25, -0.2) is 22.9 Å². The minimum absolute atomic E-state index is 0.112. The Morgan fingerprint density at radius 1 is 1.05 bits per heavy atom. The van der Waals surface area contributed by atoms with Crippen molar-refractivity contribution in [3.63, 3.8) is 0 Å². The highest BCUT2D eigenvalue weighted by Crippen LogP contribution is 2.44. The number of aromatic carboxylic acids is 1. The van der Waals surface area contributed by atoms with Gasteiger partial charge >= 0.3 is 12.0 Å². The summed E-state index contributed by atoms with van der Waals surface area (Å²) in [6, 6.07) is 16.6. The van der Waals surface area contributed by atoms with Crippen molar-refractivity contribution in [2.45, 2.75) is 16.4 Å². The summed E-state index contributed by atoms with van der Waals surface area (Å²) in [6.07, 6.45) is 0. The average molecular weight is 585 g/mol. The highest BCUT2D eigenvalue weighted by atomic mass is 35.5. The first kappa shape index (κ1) is 26.6. The van der Waals surface area contributed by atoms with Crippen LogP contribution in [0.2, 0.25) is 10.0 Å². The largest absolute Gasteiger partial charge is 0.478 e. The van der Waals surface area contributed by atoms with Crippen LogP contribution in [0.3, 0.4) is 0 Å². The third-order valence-electron chi connectivity index (χ3n) is 6.79. The molecular formula is C26H18Cl2N4O6S. The molecule has 5 rings (SSSR count). The number of carboxylic acids is 1. The quantitative estimate of drug-likeness (QED) is 0.433. The third kappa shape index (κ3) is 4.51. The molecule has 2 saturated heterocycles. The first-order chi connectivity index (χ1) is 18.5. The molecule has 2 N–H and O–H groups in total. The highest BCUT2D eigenvalue weighted by Gasteiger charge is 2.62. The fraction of sp³-hybridized carbons (Fsp3) is 0.154. The van der Waals surface area contributed by atoms with Crippen LogP contribution in [0.15, 0.2) is 71.6 Å². The van der Waals surface area contributed by atoms with Crippen molar-refractivity contribution < 1.29 is 27.9 Å². The summed E-state index contributed by atoms with van der Waals surface area (Å²) in [7, 11) is -4.29. The maximum absolute atomic E-state index is 14.0. The van der Waals surface area contributed by atoms with Crippen LogP contribution in [-0.2, 0) is 14.8 Å². The van der Waals surface area contributed by atoms with E-state index in [0.717, 1.165) is 15.3 Å². The molecule has 1 spiro atoms.